The van der Waals surface area contributed by atoms with Crippen molar-refractivity contribution in [3.8, 4) is 0 Å². The van der Waals surface area contributed by atoms with Gasteiger partial charge in [-0.2, -0.15) is 0 Å². The molecule has 0 bridgehead atoms. The van der Waals surface area contributed by atoms with Crippen molar-refractivity contribution in [2.75, 3.05) is 17.3 Å². The van der Waals surface area contributed by atoms with E-state index in [-0.39, 0.29) is 25.2 Å². The fourth-order valence-corrected chi connectivity index (χ4v) is 4.61. The van der Waals surface area contributed by atoms with Crippen molar-refractivity contribution in [1.29, 1.82) is 0 Å². The van der Waals surface area contributed by atoms with E-state index in [1.807, 2.05) is 54.6 Å². The Hall–Kier alpha value is -3.09. The van der Waals surface area contributed by atoms with Gasteiger partial charge in [0.2, 0.25) is 0 Å². The average molecular weight is 420 g/mol. The van der Waals surface area contributed by atoms with Crippen LogP contribution in [0.15, 0.2) is 83.8 Å². The molecule has 5 nitrogen and oxygen atoms in total. The fraction of sp³-hybridized carbons (Fsp3) is 0.167. The van der Waals surface area contributed by atoms with E-state index >= 15 is 0 Å². The summed E-state index contributed by atoms with van der Waals surface area (Å²) in [6.07, 6.45) is 0. The second-order valence-electron chi connectivity index (χ2n) is 6.90. The highest BCUT2D eigenvalue weighted by Gasteiger charge is 2.32. The monoisotopic (exact) mass is 419 g/mol. The van der Waals surface area contributed by atoms with Crippen molar-refractivity contribution in [3.63, 3.8) is 0 Å². The molecule has 0 aromatic heterocycles. The van der Waals surface area contributed by atoms with E-state index in [0.29, 0.717) is 11.1 Å². The lowest BCUT2D eigenvalue weighted by Gasteiger charge is -2.37. The normalized spacial score (nSPS) is 15.4. The molecule has 1 N–H and O–H groups in total. The summed E-state index contributed by atoms with van der Waals surface area (Å²) in [5.74, 6) is -0.107. The molecule has 3 aromatic rings. The molecule has 0 saturated heterocycles. The number of nitrogens with zero attached hydrogens (tertiary/aromatic N) is 1. The molecule has 0 spiro atoms. The van der Waals surface area contributed by atoms with Crippen LogP contribution in [0.2, 0.25) is 0 Å². The third-order valence-electron chi connectivity index (χ3n) is 4.99. The second kappa shape index (κ2) is 9.15. The molecule has 6 heteroatoms. The van der Waals surface area contributed by atoms with Crippen molar-refractivity contribution < 1.29 is 19.4 Å². The molecule has 152 valence electrons. The molecule has 1 amide bonds. The van der Waals surface area contributed by atoms with Gasteiger partial charge in [0.1, 0.15) is 0 Å². The van der Waals surface area contributed by atoms with Crippen LogP contribution in [0.3, 0.4) is 0 Å². The number of esters is 1. The molecule has 1 aliphatic heterocycles. The number of rotatable bonds is 5. The number of benzene rings is 3. The van der Waals surface area contributed by atoms with Gasteiger partial charge in [-0.25, -0.2) is 4.79 Å². The van der Waals surface area contributed by atoms with Gasteiger partial charge in [-0.15, -0.1) is 11.8 Å². The largest absolute Gasteiger partial charge is 0.452 e. The van der Waals surface area contributed by atoms with Crippen LogP contribution in [0.4, 0.5) is 5.69 Å². The summed E-state index contributed by atoms with van der Waals surface area (Å²) in [6.45, 7) is -0.440. The molecule has 0 aliphatic carbocycles. The van der Waals surface area contributed by atoms with Gasteiger partial charge >= 0.3 is 5.97 Å². The molecule has 1 aliphatic rings. The Labute approximate surface area is 179 Å². The lowest BCUT2D eigenvalue weighted by molar-refractivity contribution is -0.122. The Bertz CT molecular complexity index is 1040. The van der Waals surface area contributed by atoms with Gasteiger partial charge in [0.05, 0.1) is 23.9 Å². The van der Waals surface area contributed by atoms with Crippen LogP contribution in [0.1, 0.15) is 27.5 Å². The van der Waals surface area contributed by atoms with Gasteiger partial charge in [0, 0.05) is 10.6 Å². The number of hydrogen-bond donors (Lipinski definition) is 1. The van der Waals surface area contributed by atoms with E-state index in [0.717, 1.165) is 21.9 Å². The molecule has 0 unspecified atom stereocenters. The van der Waals surface area contributed by atoms with Gasteiger partial charge in [-0.3, -0.25) is 9.69 Å². The van der Waals surface area contributed by atoms with Crippen molar-refractivity contribution in [3.05, 3.63) is 95.6 Å². The number of anilines is 1. The summed E-state index contributed by atoms with van der Waals surface area (Å²) in [4.78, 5) is 28.3. The van der Waals surface area contributed by atoms with Crippen LogP contribution in [0.5, 0.6) is 0 Å². The zero-order valence-corrected chi connectivity index (χ0v) is 17.0. The van der Waals surface area contributed by atoms with Gasteiger partial charge < -0.3 is 9.84 Å². The van der Waals surface area contributed by atoms with Crippen molar-refractivity contribution in [2.45, 2.75) is 17.5 Å². The first-order valence-electron chi connectivity index (χ1n) is 9.63. The van der Waals surface area contributed by atoms with Gasteiger partial charge in [-0.05, 0) is 35.4 Å². The summed E-state index contributed by atoms with van der Waals surface area (Å²) in [5.41, 5.74) is 2.92. The number of carbonyl (C=O) groups excluding carboxylic acids is 2. The molecule has 30 heavy (non-hydrogen) atoms. The number of carbonyl (C=O) groups is 2. The highest BCUT2D eigenvalue weighted by Crippen LogP contribution is 2.43. The third kappa shape index (κ3) is 4.25. The second-order valence-corrected chi connectivity index (χ2v) is 7.96. The van der Waals surface area contributed by atoms with Gasteiger partial charge in [-0.1, -0.05) is 54.6 Å². The van der Waals surface area contributed by atoms with Crippen LogP contribution >= 0.6 is 11.8 Å². The SMILES string of the molecule is O=C(OCC(=O)N1c2ccccc2SC[C@@H]1c1ccccc1)c1ccc(CO)cc1. The third-order valence-corrected chi connectivity index (χ3v) is 6.12. The van der Waals surface area contributed by atoms with E-state index in [1.165, 1.54) is 0 Å². The first kappa shape index (κ1) is 20.2. The lowest BCUT2D eigenvalue weighted by Crippen LogP contribution is -2.41. The molecule has 0 radical (unpaired) electrons. The van der Waals surface area contributed by atoms with Crippen LogP contribution in [-0.4, -0.2) is 29.3 Å². The molecule has 0 fully saturated rings. The van der Waals surface area contributed by atoms with E-state index in [4.69, 9.17) is 9.84 Å². The first-order valence-corrected chi connectivity index (χ1v) is 10.6. The number of ether oxygens (including phenoxy) is 1. The van der Waals surface area contributed by atoms with Crippen LogP contribution < -0.4 is 4.90 Å². The van der Waals surface area contributed by atoms with Crippen LogP contribution in [0, 0.1) is 0 Å². The summed E-state index contributed by atoms with van der Waals surface area (Å²) in [7, 11) is 0. The Kier molecular flexibility index (Phi) is 6.16. The maximum Gasteiger partial charge on any atom is 0.338 e. The van der Waals surface area contributed by atoms with Crippen molar-refractivity contribution in [1.82, 2.24) is 0 Å². The molecular weight excluding hydrogens is 398 g/mol. The van der Waals surface area contributed by atoms with Crippen molar-refractivity contribution in [2.24, 2.45) is 0 Å². The minimum Gasteiger partial charge on any atom is -0.452 e. The highest BCUT2D eigenvalue weighted by atomic mass is 32.2. The quantitative estimate of drug-likeness (QED) is 0.628. The zero-order valence-electron chi connectivity index (χ0n) is 16.2. The zero-order chi connectivity index (χ0) is 20.9. The Balaban J connectivity index is 1.54. The predicted octanol–water partition coefficient (Wildman–Crippen LogP) is 4.22. The predicted molar refractivity (Wildman–Crippen MR) is 116 cm³/mol. The summed E-state index contributed by atoms with van der Waals surface area (Å²) in [5, 5.41) is 9.12. The molecule has 0 saturated carbocycles. The van der Waals surface area contributed by atoms with E-state index < -0.39 is 5.97 Å². The first-order chi connectivity index (χ1) is 14.7. The minimum absolute atomic E-state index is 0.0962. The minimum atomic E-state index is -0.566. The van der Waals surface area contributed by atoms with Crippen LogP contribution in [-0.2, 0) is 16.1 Å². The fourth-order valence-electron chi connectivity index (χ4n) is 3.44. The molecule has 1 heterocycles. The maximum absolute atomic E-state index is 13.2. The number of thioether (sulfide) groups is 1. The van der Waals surface area contributed by atoms with E-state index in [1.54, 1.807) is 40.9 Å². The number of aliphatic hydroxyl groups excluding tert-OH is 1. The van der Waals surface area contributed by atoms with Gasteiger partial charge in [0.15, 0.2) is 6.61 Å². The number of aliphatic hydroxyl groups is 1. The maximum atomic E-state index is 13.2. The number of para-hydroxylation sites is 1. The van der Waals surface area contributed by atoms with E-state index in [2.05, 4.69) is 0 Å². The Morgan fingerprint density at radius 1 is 0.967 bits per heavy atom. The average Bonchev–Trinajstić information content (AvgIpc) is 2.82. The van der Waals surface area contributed by atoms with Crippen molar-refractivity contribution >= 4 is 29.3 Å². The Morgan fingerprint density at radius 2 is 1.67 bits per heavy atom. The number of hydrogen-bond acceptors (Lipinski definition) is 5. The van der Waals surface area contributed by atoms with Crippen LogP contribution in [0.25, 0.3) is 0 Å². The molecule has 1 atom stereocenters. The highest BCUT2D eigenvalue weighted by molar-refractivity contribution is 7.99. The number of fused-ring (bicyclic) bond motifs is 1. The van der Waals surface area contributed by atoms with E-state index in [9.17, 15) is 9.59 Å². The lowest BCUT2D eigenvalue weighted by atomic mass is 10.1. The standard InChI is InChI=1S/C24H21NO4S/c26-14-17-10-12-19(13-11-17)24(28)29-15-23(27)25-20-8-4-5-9-22(20)30-16-21(25)18-6-2-1-3-7-18/h1-13,21,26H,14-16H2/t21-/m1/s1. The molecule has 4 rings (SSSR count). The topological polar surface area (TPSA) is 66.8 Å². The molecule has 3 aromatic carbocycles. The number of amides is 1. The Morgan fingerprint density at radius 3 is 2.40 bits per heavy atom. The summed E-state index contributed by atoms with van der Waals surface area (Å²) >= 11 is 1.72. The summed E-state index contributed by atoms with van der Waals surface area (Å²) in [6, 6.07) is 24.0. The molecular formula is C24H21NO4S. The van der Waals surface area contributed by atoms with Gasteiger partial charge in [0.25, 0.3) is 5.91 Å². The summed E-state index contributed by atoms with van der Waals surface area (Å²) < 4.78 is 5.32. The smallest absolute Gasteiger partial charge is 0.338 e.